The second-order valence-electron chi connectivity index (χ2n) is 7.13. The molecule has 1 aliphatic heterocycles. The zero-order valence-electron chi connectivity index (χ0n) is 15.8. The van der Waals surface area contributed by atoms with Crippen LogP contribution in [0.5, 0.6) is 0 Å². The van der Waals surface area contributed by atoms with Gasteiger partial charge in [-0.15, -0.1) is 0 Å². The summed E-state index contributed by atoms with van der Waals surface area (Å²) in [5.41, 5.74) is 0.326. The SMILES string of the molecule is CC1(NC(=O)c2ncccc2Br)CCCCn2c1nc(-c1ccncn1)cc2=O. The molecule has 3 aromatic heterocycles. The lowest BCUT2D eigenvalue weighted by Gasteiger charge is -2.30. The maximum Gasteiger partial charge on any atom is 0.271 e. The van der Waals surface area contributed by atoms with Crippen LogP contribution in [0.1, 0.15) is 42.5 Å². The average molecular weight is 455 g/mol. The number of carbonyl (C=O) groups is 1. The summed E-state index contributed by atoms with van der Waals surface area (Å²) in [5.74, 6) is 0.201. The monoisotopic (exact) mass is 454 g/mol. The van der Waals surface area contributed by atoms with Crippen molar-refractivity contribution in [2.75, 3.05) is 0 Å². The lowest BCUT2D eigenvalue weighted by molar-refractivity contribution is 0.0888. The number of pyridine rings is 1. The number of carbonyl (C=O) groups excluding carboxylic acids is 1. The second kappa shape index (κ2) is 7.82. The minimum absolute atomic E-state index is 0.162. The van der Waals surface area contributed by atoms with E-state index in [1.165, 1.54) is 12.4 Å². The van der Waals surface area contributed by atoms with Crippen LogP contribution in [0.3, 0.4) is 0 Å². The number of aromatic nitrogens is 5. The number of nitrogens with one attached hydrogen (secondary N) is 1. The van der Waals surface area contributed by atoms with E-state index in [1.807, 2.05) is 6.92 Å². The average Bonchev–Trinajstić information content (AvgIpc) is 2.88. The van der Waals surface area contributed by atoms with Gasteiger partial charge >= 0.3 is 0 Å². The van der Waals surface area contributed by atoms with E-state index >= 15 is 0 Å². The quantitative estimate of drug-likeness (QED) is 0.652. The summed E-state index contributed by atoms with van der Waals surface area (Å²) < 4.78 is 2.25. The maximum atomic E-state index is 13.0. The van der Waals surface area contributed by atoms with Crippen LogP contribution >= 0.6 is 15.9 Å². The summed E-state index contributed by atoms with van der Waals surface area (Å²) in [6, 6.07) is 6.70. The maximum absolute atomic E-state index is 13.0. The summed E-state index contributed by atoms with van der Waals surface area (Å²) in [6.07, 6.45) is 6.93. The first-order valence-electron chi connectivity index (χ1n) is 9.30. The first-order chi connectivity index (χ1) is 14.0. The Labute approximate surface area is 175 Å². The van der Waals surface area contributed by atoms with Crippen LogP contribution in [0.2, 0.25) is 0 Å². The van der Waals surface area contributed by atoms with Gasteiger partial charge in [0.05, 0.1) is 16.9 Å². The van der Waals surface area contributed by atoms with E-state index in [4.69, 9.17) is 4.98 Å². The first kappa shape index (κ1) is 19.4. The van der Waals surface area contributed by atoms with Crippen LogP contribution in [0, 0.1) is 0 Å². The molecule has 0 bridgehead atoms. The molecule has 8 nitrogen and oxygen atoms in total. The van der Waals surface area contributed by atoms with Crippen LogP contribution in [-0.4, -0.2) is 30.4 Å². The fourth-order valence-corrected chi connectivity index (χ4v) is 3.99. The topological polar surface area (TPSA) is 103 Å². The molecule has 1 unspecified atom stereocenters. The van der Waals surface area contributed by atoms with E-state index in [1.54, 1.807) is 35.2 Å². The molecule has 1 atom stereocenters. The highest BCUT2D eigenvalue weighted by atomic mass is 79.9. The third kappa shape index (κ3) is 3.82. The van der Waals surface area contributed by atoms with Crippen molar-refractivity contribution in [3.8, 4) is 11.4 Å². The Morgan fingerprint density at radius 2 is 2.07 bits per heavy atom. The van der Waals surface area contributed by atoms with E-state index in [0.29, 0.717) is 40.3 Å². The highest BCUT2D eigenvalue weighted by Gasteiger charge is 2.36. The third-order valence-corrected chi connectivity index (χ3v) is 5.66. The zero-order valence-corrected chi connectivity index (χ0v) is 17.4. The van der Waals surface area contributed by atoms with Gasteiger partial charge in [0, 0.05) is 29.5 Å². The van der Waals surface area contributed by atoms with Crippen molar-refractivity contribution in [3.05, 3.63) is 69.3 Å². The van der Waals surface area contributed by atoms with E-state index in [9.17, 15) is 9.59 Å². The van der Waals surface area contributed by atoms with Gasteiger partial charge < -0.3 is 5.32 Å². The number of halogens is 1. The zero-order chi connectivity index (χ0) is 20.4. The summed E-state index contributed by atoms with van der Waals surface area (Å²) in [7, 11) is 0. The molecule has 0 radical (unpaired) electrons. The molecule has 1 N–H and O–H groups in total. The minimum Gasteiger partial charge on any atom is -0.338 e. The molecule has 9 heteroatoms. The molecule has 4 heterocycles. The number of hydrogen-bond donors (Lipinski definition) is 1. The molecule has 0 spiro atoms. The van der Waals surface area contributed by atoms with Gasteiger partial charge in [-0.1, -0.05) is 0 Å². The molecule has 4 rings (SSSR count). The number of rotatable bonds is 3. The van der Waals surface area contributed by atoms with Crippen molar-refractivity contribution in [2.45, 2.75) is 38.3 Å². The molecule has 1 amide bonds. The smallest absolute Gasteiger partial charge is 0.271 e. The van der Waals surface area contributed by atoms with E-state index in [2.05, 4.69) is 36.2 Å². The van der Waals surface area contributed by atoms with Crippen molar-refractivity contribution < 1.29 is 4.79 Å². The Bertz CT molecular complexity index is 1120. The van der Waals surface area contributed by atoms with Gasteiger partial charge in [0.2, 0.25) is 0 Å². The number of nitrogens with zero attached hydrogens (tertiary/aromatic N) is 5. The molecular weight excluding hydrogens is 436 g/mol. The van der Waals surface area contributed by atoms with Gasteiger partial charge in [0.25, 0.3) is 11.5 Å². The van der Waals surface area contributed by atoms with Crippen LogP contribution in [0.15, 0.2) is 52.3 Å². The molecule has 0 aliphatic carbocycles. The highest BCUT2D eigenvalue weighted by molar-refractivity contribution is 9.10. The fourth-order valence-electron chi connectivity index (χ4n) is 3.56. The fraction of sp³-hybridized carbons (Fsp3) is 0.300. The summed E-state index contributed by atoms with van der Waals surface area (Å²) >= 11 is 3.37. The van der Waals surface area contributed by atoms with E-state index in [0.717, 1.165) is 12.8 Å². The van der Waals surface area contributed by atoms with Crippen LogP contribution in [0.25, 0.3) is 11.4 Å². The lowest BCUT2D eigenvalue weighted by atomic mass is 9.94. The first-order valence-corrected chi connectivity index (χ1v) is 10.1. The Morgan fingerprint density at radius 1 is 1.21 bits per heavy atom. The second-order valence-corrected chi connectivity index (χ2v) is 7.98. The van der Waals surface area contributed by atoms with Gasteiger partial charge in [0.1, 0.15) is 17.8 Å². The number of hydrogen-bond acceptors (Lipinski definition) is 6. The standard InChI is InChI=1S/C20H19BrN6O2/c1-20(26-18(29)17-13(21)5-4-8-23-17)7-2-3-10-27-16(28)11-15(25-19(20)27)14-6-9-22-12-24-14/h4-6,8-9,11-12H,2-3,7,10H2,1H3,(H,26,29). The molecule has 1 aliphatic rings. The normalized spacial score (nSPS) is 18.6. The molecule has 0 saturated carbocycles. The van der Waals surface area contributed by atoms with Crippen LogP contribution in [0.4, 0.5) is 0 Å². The predicted molar refractivity (Wildman–Crippen MR) is 110 cm³/mol. The van der Waals surface area contributed by atoms with Gasteiger partial charge in [-0.3, -0.25) is 14.2 Å². The van der Waals surface area contributed by atoms with Crippen molar-refractivity contribution >= 4 is 21.8 Å². The molecule has 0 fully saturated rings. The van der Waals surface area contributed by atoms with Gasteiger partial charge in [-0.05, 0) is 60.3 Å². The molecule has 3 aromatic rings. The van der Waals surface area contributed by atoms with Gasteiger partial charge in [-0.2, -0.15) is 0 Å². The van der Waals surface area contributed by atoms with Crippen molar-refractivity contribution in [3.63, 3.8) is 0 Å². The van der Waals surface area contributed by atoms with Crippen molar-refractivity contribution in [2.24, 2.45) is 0 Å². The minimum atomic E-state index is -0.827. The Kier molecular flexibility index (Phi) is 5.23. The Balaban J connectivity index is 1.80. The molecule has 0 saturated heterocycles. The lowest BCUT2D eigenvalue weighted by Crippen LogP contribution is -2.47. The summed E-state index contributed by atoms with van der Waals surface area (Å²) in [5, 5.41) is 3.07. The molecule has 0 aromatic carbocycles. The molecular formula is C20H19BrN6O2. The van der Waals surface area contributed by atoms with Crippen LogP contribution in [-0.2, 0) is 12.1 Å². The predicted octanol–water partition coefficient (Wildman–Crippen LogP) is 2.69. The highest BCUT2D eigenvalue weighted by Crippen LogP contribution is 2.30. The van der Waals surface area contributed by atoms with Crippen molar-refractivity contribution in [1.82, 2.24) is 29.8 Å². The number of fused-ring (bicyclic) bond motifs is 1. The Hall–Kier alpha value is -2.94. The summed E-state index contributed by atoms with van der Waals surface area (Å²) in [6.45, 7) is 2.46. The van der Waals surface area contributed by atoms with E-state index < -0.39 is 5.54 Å². The number of amides is 1. The Morgan fingerprint density at radius 3 is 2.83 bits per heavy atom. The van der Waals surface area contributed by atoms with E-state index in [-0.39, 0.29) is 11.5 Å². The van der Waals surface area contributed by atoms with Gasteiger partial charge in [0.15, 0.2) is 0 Å². The largest absolute Gasteiger partial charge is 0.338 e. The van der Waals surface area contributed by atoms with Gasteiger partial charge in [-0.25, -0.2) is 19.9 Å². The summed E-state index contributed by atoms with van der Waals surface area (Å²) in [4.78, 5) is 42.9. The van der Waals surface area contributed by atoms with Crippen LogP contribution < -0.4 is 10.9 Å². The van der Waals surface area contributed by atoms with Crippen molar-refractivity contribution in [1.29, 1.82) is 0 Å². The third-order valence-electron chi connectivity index (χ3n) is 5.02. The molecule has 29 heavy (non-hydrogen) atoms. The molecule has 148 valence electrons.